The highest BCUT2D eigenvalue weighted by molar-refractivity contribution is 5.90. The van der Waals surface area contributed by atoms with Gasteiger partial charge in [0.05, 0.1) is 23.3 Å². The summed E-state index contributed by atoms with van der Waals surface area (Å²) in [6.07, 6.45) is 4.00. The molecule has 0 aliphatic carbocycles. The first-order valence-electron chi connectivity index (χ1n) is 14.8. The number of aliphatic hydroxyl groups excluding tert-OH is 1. The van der Waals surface area contributed by atoms with Crippen LogP contribution in [0, 0.1) is 0 Å². The molecule has 3 aliphatic heterocycles. The Kier molecular flexibility index (Phi) is 7.05. The van der Waals surface area contributed by atoms with Crippen molar-refractivity contribution < 1.29 is 19.8 Å². The van der Waals surface area contributed by atoms with Gasteiger partial charge in [0.15, 0.2) is 6.35 Å². The Morgan fingerprint density at radius 2 is 1.21 bits per heavy atom. The van der Waals surface area contributed by atoms with Crippen molar-refractivity contribution in [3.05, 3.63) is 131 Å². The van der Waals surface area contributed by atoms with Crippen molar-refractivity contribution in [3.63, 3.8) is 0 Å². The third-order valence-corrected chi connectivity index (χ3v) is 9.07. The molecule has 43 heavy (non-hydrogen) atoms. The van der Waals surface area contributed by atoms with Crippen molar-refractivity contribution in [2.24, 2.45) is 0 Å². The largest absolute Gasteiger partial charge is 0.480 e. The van der Waals surface area contributed by atoms with Crippen LogP contribution in [0.5, 0.6) is 0 Å². The van der Waals surface area contributed by atoms with Crippen LogP contribution in [0.2, 0.25) is 0 Å². The summed E-state index contributed by atoms with van der Waals surface area (Å²) in [5.41, 5.74) is 5.18. The summed E-state index contributed by atoms with van der Waals surface area (Å²) in [6.45, 7) is 0.241. The van der Waals surface area contributed by atoms with Crippen molar-refractivity contribution >= 4 is 35.4 Å². The van der Waals surface area contributed by atoms with Crippen molar-refractivity contribution in [1.29, 1.82) is 0 Å². The molecular weight excluding hydrogens is 538 g/mol. The summed E-state index contributed by atoms with van der Waals surface area (Å²) >= 11 is 0. The number of benzene rings is 4. The van der Waals surface area contributed by atoms with Gasteiger partial charge in [0.1, 0.15) is 6.04 Å². The van der Waals surface area contributed by atoms with Gasteiger partial charge in [-0.05, 0) is 47.2 Å². The van der Waals surface area contributed by atoms with Crippen LogP contribution in [-0.4, -0.2) is 62.9 Å². The van der Waals surface area contributed by atoms with E-state index in [0.29, 0.717) is 12.8 Å². The molecule has 2 fully saturated rings. The summed E-state index contributed by atoms with van der Waals surface area (Å²) < 4.78 is 0. The zero-order chi connectivity index (χ0) is 29.5. The molecule has 0 aromatic heterocycles. The van der Waals surface area contributed by atoms with Gasteiger partial charge in [0.2, 0.25) is 5.91 Å². The van der Waals surface area contributed by atoms with E-state index in [4.69, 9.17) is 0 Å². The first kappa shape index (κ1) is 27.1. The average Bonchev–Trinajstić information content (AvgIpc) is 3.23. The number of carboxylic acids is 1. The predicted octanol–water partition coefficient (Wildman–Crippen LogP) is 5.54. The van der Waals surface area contributed by atoms with Gasteiger partial charge in [0, 0.05) is 12.6 Å². The van der Waals surface area contributed by atoms with E-state index < -0.39 is 30.3 Å². The molecule has 1 amide bonds. The molecule has 3 heterocycles. The molecule has 7 heteroatoms. The summed E-state index contributed by atoms with van der Waals surface area (Å²) in [7, 11) is 0. The Bertz CT molecular complexity index is 1590. The number of hydrogen-bond donors (Lipinski definition) is 2. The summed E-state index contributed by atoms with van der Waals surface area (Å²) in [5, 5.41) is 22.8. The Morgan fingerprint density at radius 1 is 0.698 bits per heavy atom. The van der Waals surface area contributed by atoms with E-state index in [1.807, 2.05) is 131 Å². The Balaban J connectivity index is 1.26. The number of rotatable bonds is 6. The molecule has 1 unspecified atom stereocenters. The van der Waals surface area contributed by atoms with Crippen LogP contribution in [0.25, 0.3) is 12.2 Å². The number of fused-ring (bicyclic) bond motifs is 4. The number of piperazine rings is 1. The number of anilines is 2. The highest BCUT2D eigenvalue weighted by Gasteiger charge is 2.54. The second kappa shape index (κ2) is 11.2. The molecule has 2 bridgehead atoms. The Hall–Kier alpha value is -4.72. The molecule has 0 saturated carbocycles. The number of carbonyl (C=O) groups is 2. The van der Waals surface area contributed by atoms with Crippen LogP contribution in [0.15, 0.2) is 109 Å². The maximum absolute atomic E-state index is 14.5. The third-order valence-electron chi connectivity index (χ3n) is 9.07. The monoisotopic (exact) mass is 571 g/mol. The first-order chi connectivity index (χ1) is 21.0. The lowest BCUT2D eigenvalue weighted by atomic mass is 9.88. The van der Waals surface area contributed by atoms with Gasteiger partial charge >= 0.3 is 5.97 Å². The summed E-state index contributed by atoms with van der Waals surface area (Å²) in [5.74, 6) is -1.69. The highest BCUT2D eigenvalue weighted by atomic mass is 16.4. The molecule has 7 rings (SSSR count). The smallest absolute Gasteiger partial charge is 0.323 e. The number of likely N-dealkylation sites (tertiary alicyclic amines) is 1. The number of aliphatic hydroxyl groups is 1. The van der Waals surface area contributed by atoms with Crippen molar-refractivity contribution in [1.82, 2.24) is 9.80 Å². The number of carbonyl (C=O) groups excluding carboxylic acids is 1. The van der Waals surface area contributed by atoms with Gasteiger partial charge in [-0.25, -0.2) is 4.90 Å². The molecule has 2 saturated heterocycles. The number of amides is 1. The quantitative estimate of drug-likeness (QED) is 0.316. The van der Waals surface area contributed by atoms with Gasteiger partial charge in [-0.1, -0.05) is 109 Å². The minimum absolute atomic E-state index is 0.0973. The zero-order valence-electron chi connectivity index (χ0n) is 23.6. The highest BCUT2D eigenvalue weighted by Crippen LogP contribution is 2.43. The van der Waals surface area contributed by atoms with Crippen LogP contribution in [0.3, 0.4) is 0 Å². The number of para-hydroxylation sites is 2. The summed E-state index contributed by atoms with van der Waals surface area (Å²) in [6, 6.07) is 33.1. The third kappa shape index (κ3) is 4.71. The fourth-order valence-corrected chi connectivity index (χ4v) is 7.19. The molecule has 2 N–H and O–H groups in total. The van der Waals surface area contributed by atoms with Gasteiger partial charge in [0.25, 0.3) is 0 Å². The maximum atomic E-state index is 14.5. The van der Waals surface area contributed by atoms with Gasteiger partial charge in [-0.3, -0.25) is 9.59 Å². The van der Waals surface area contributed by atoms with Gasteiger partial charge in [-0.15, -0.1) is 0 Å². The van der Waals surface area contributed by atoms with Crippen LogP contribution < -0.4 is 4.90 Å². The van der Waals surface area contributed by atoms with E-state index in [1.165, 1.54) is 0 Å². The van der Waals surface area contributed by atoms with E-state index in [1.54, 1.807) is 4.90 Å². The van der Waals surface area contributed by atoms with E-state index in [2.05, 4.69) is 0 Å². The molecule has 3 aliphatic rings. The maximum Gasteiger partial charge on any atom is 0.323 e. The topological polar surface area (TPSA) is 84.3 Å². The number of aliphatic carboxylic acids is 1. The molecule has 0 radical (unpaired) electrons. The molecule has 4 aromatic rings. The van der Waals surface area contributed by atoms with Crippen molar-refractivity contribution in [3.8, 4) is 0 Å². The fraction of sp³-hybridized carbons (Fsp3) is 0.222. The van der Waals surface area contributed by atoms with Crippen LogP contribution in [0.1, 0.15) is 41.0 Å². The Morgan fingerprint density at radius 3 is 1.74 bits per heavy atom. The van der Waals surface area contributed by atoms with E-state index in [9.17, 15) is 19.8 Å². The molecule has 4 atom stereocenters. The first-order valence-corrected chi connectivity index (χ1v) is 14.8. The second-order valence-electron chi connectivity index (χ2n) is 11.4. The summed E-state index contributed by atoms with van der Waals surface area (Å²) in [4.78, 5) is 32.9. The molecule has 7 nitrogen and oxygen atoms in total. The van der Waals surface area contributed by atoms with Gasteiger partial charge in [-0.2, -0.15) is 0 Å². The minimum Gasteiger partial charge on any atom is -0.480 e. The normalized spacial score (nSPS) is 21.7. The number of carboxylic acid groups (broad SMARTS) is 1. The molecule has 216 valence electrons. The molecular formula is C36H33N3O4. The molecule has 0 spiro atoms. The standard InChI is InChI=1S/C36H33N3O4/c40-34(32(26-13-3-1-4-14-26)27-15-5-2-6-16-27)38-28-21-22-31(38)33(35(41)42)37(23-28)36(43)39-29-17-9-7-11-24(29)19-20-25-12-8-10-18-30(25)39/h1-20,28,31-33,36,43H,21-23H2,(H,41,42)/t28-,31+,33-,36?/m0/s1. The zero-order valence-corrected chi connectivity index (χ0v) is 23.6. The van der Waals surface area contributed by atoms with Crippen LogP contribution >= 0.6 is 0 Å². The van der Waals surface area contributed by atoms with Crippen LogP contribution in [-0.2, 0) is 9.59 Å². The molecule has 4 aromatic carbocycles. The van der Waals surface area contributed by atoms with E-state index in [0.717, 1.165) is 33.6 Å². The Labute approximate surface area is 250 Å². The minimum atomic E-state index is -1.26. The fourth-order valence-electron chi connectivity index (χ4n) is 7.19. The van der Waals surface area contributed by atoms with E-state index in [-0.39, 0.29) is 18.5 Å². The lowest BCUT2D eigenvalue weighted by Gasteiger charge is -2.49. The lowest BCUT2D eigenvalue weighted by Crippen LogP contribution is -2.68. The average molecular weight is 572 g/mol. The van der Waals surface area contributed by atoms with Gasteiger partial charge < -0.3 is 20.0 Å². The lowest BCUT2D eigenvalue weighted by molar-refractivity contribution is -0.163. The number of nitrogens with zero attached hydrogens (tertiary/aromatic N) is 3. The second-order valence-corrected chi connectivity index (χ2v) is 11.4. The van der Waals surface area contributed by atoms with Crippen molar-refractivity contribution in [2.45, 2.75) is 43.2 Å². The predicted molar refractivity (Wildman–Crippen MR) is 166 cm³/mol. The van der Waals surface area contributed by atoms with Crippen LogP contribution in [0.4, 0.5) is 11.4 Å². The van der Waals surface area contributed by atoms with Crippen molar-refractivity contribution in [2.75, 3.05) is 11.4 Å². The SMILES string of the molecule is O=C(O)[C@@H]1[C@H]2CC[C@@H](CN1C(O)N1c3ccccc3C=Cc3ccccc31)N2C(=O)C(c1ccccc1)c1ccccc1. The number of hydrogen-bond acceptors (Lipinski definition) is 5. The van der Waals surface area contributed by atoms with E-state index >= 15 is 0 Å².